The number of imidazole rings is 1. The van der Waals surface area contributed by atoms with E-state index in [2.05, 4.69) is 70.6 Å². The molecule has 0 radical (unpaired) electrons. The largest absolute Gasteiger partial charge is 0.354 e. The fourth-order valence-corrected chi connectivity index (χ4v) is 4.06. The van der Waals surface area contributed by atoms with Crippen LogP contribution >= 0.6 is 0 Å². The molecule has 0 unspecified atom stereocenters. The number of nitrogens with one attached hydrogen (secondary N) is 1. The Labute approximate surface area is 176 Å². The van der Waals surface area contributed by atoms with Gasteiger partial charge in [-0.2, -0.15) is 0 Å². The van der Waals surface area contributed by atoms with Gasteiger partial charge in [-0.15, -0.1) is 5.10 Å². The average molecular weight is 405 g/mol. The number of aromatic nitrogens is 6. The van der Waals surface area contributed by atoms with Crippen LogP contribution in [0.25, 0.3) is 16.7 Å². The van der Waals surface area contributed by atoms with Crippen molar-refractivity contribution in [2.45, 2.75) is 39.5 Å². The number of rotatable bonds is 2. The van der Waals surface area contributed by atoms with Gasteiger partial charge in [0.15, 0.2) is 11.5 Å². The third-order valence-electron chi connectivity index (χ3n) is 5.73. The molecule has 8 nitrogen and oxygen atoms in total. The molecule has 1 N–H and O–H groups in total. The summed E-state index contributed by atoms with van der Waals surface area (Å²) in [6.45, 7) is 12.3. The maximum Gasteiger partial charge on any atom is 0.156 e. The zero-order chi connectivity index (χ0) is 20.9. The second kappa shape index (κ2) is 6.97. The molecule has 8 heteroatoms. The van der Waals surface area contributed by atoms with Crippen molar-refractivity contribution in [3.63, 3.8) is 0 Å². The lowest BCUT2D eigenvalue weighted by molar-refractivity contribution is 0.572. The molecule has 4 aromatic heterocycles. The summed E-state index contributed by atoms with van der Waals surface area (Å²) in [4.78, 5) is 21.8. The molecule has 0 saturated carbocycles. The standard InChI is InChI=1S/C22H28N8/c1-15-12-16-20(25-15)21(24-14-23-16)29-9-5-8-28(10-11-29)19-7-6-18-26-17(22(2,3)4)13-30(18)27-19/h6-7,12-14,25H,5,8-11H2,1-4H3. The van der Waals surface area contributed by atoms with Crippen LogP contribution in [-0.4, -0.2) is 55.7 Å². The molecule has 4 aromatic rings. The van der Waals surface area contributed by atoms with Gasteiger partial charge in [0.05, 0.1) is 17.4 Å². The van der Waals surface area contributed by atoms with Crippen molar-refractivity contribution in [3.8, 4) is 0 Å². The fraction of sp³-hybridized carbons (Fsp3) is 0.455. The lowest BCUT2D eigenvalue weighted by Crippen LogP contribution is -2.32. The lowest BCUT2D eigenvalue weighted by Gasteiger charge is -2.23. The Morgan fingerprint density at radius 3 is 2.63 bits per heavy atom. The third-order valence-corrected chi connectivity index (χ3v) is 5.73. The highest BCUT2D eigenvalue weighted by Crippen LogP contribution is 2.25. The molecule has 0 spiro atoms. The van der Waals surface area contributed by atoms with E-state index in [1.54, 1.807) is 6.33 Å². The van der Waals surface area contributed by atoms with Crippen LogP contribution in [0.5, 0.6) is 0 Å². The van der Waals surface area contributed by atoms with Gasteiger partial charge in [-0.05, 0) is 31.5 Å². The van der Waals surface area contributed by atoms with Gasteiger partial charge in [0.1, 0.15) is 17.7 Å². The molecule has 0 aliphatic carbocycles. The van der Waals surface area contributed by atoms with E-state index in [1.165, 1.54) is 0 Å². The molecule has 0 bridgehead atoms. The summed E-state index contributed by atoms with van der Waals surface area (Å²) in [6, 6.07) is 6.22. The maximum absolute atomic E-state index is 4.86. The van der Waals surface area contributed by atoms with Crippen molar-refractivity contribution in [1.29, 1.82) is 0 Å². The summed E-state index contributed by atoms with van der Waals surface area (Å²) in [5.41, 5.74) is 5.07. The summed E-state index contributed by atoms with van der Waals surface area (Å²) in [5.74, 6) is 1.98. The molecule has 1 aliphatic heterocycles. The number of aryl methyl sites for hydroxylation is 1. The van der Waals surface area contributed by atoms with E-state index in [9.17, 15) is 0 Å². The van der Waals surface area contributed by atoms with Gasteiger partial charge in [0, 0.05) is 37.3 Å². The first-order valence-corrected chi connectivity index (χ1v) is 10.6. The summed E-state index contributed by atoms with van der Waals surface area (Å²) in [7, 11) is 0. The van der Waals surface area contributed by atoms with Crippen molar-refractivity contribution in [2.24, 2.45) is 0 Å². The Morgan fingerprint density at radius 1 is 1.00 bits per heavy atom. The van der Waals surface area contributed by atoms with Gasteiger partial charge < -0.3 is 14.8 Å². The predicted octanol–water partition coefficient (Wildman–Crippen LogP) is 3.32. The van der Waals surface area contributed by atoms with Crippen LogP contribution < -0.4 is 9.80 Å². The number of aromatic amines is 1. The minimum atomic E-state index is 0.00994. The minimum Gasteiger partial charge on any atom is -0.354 e. The van der Waals surface area contributed by atoms with Crippen molar-refractivity contribution >= 4 is 28.3 Å². The van der Waals surface area contributed by atoms with Gasteiger partial charge in [-0.3, -0.25) is 0 Å². The smallest absolute Gasteiger partial charge is 0.156 e. The molecule has 156 valence electrons. The van der Waals surface area contributed by atoms with E-state index in [-0.39, 0.29) is 5.41 Å². The average Bonchev–Trinajstić information content (AvgIpc) is 3.22. The van der Waals surface area contributed by atoms with Crippen LogP contribution in [0.2, 0.25) is 0 Å². The second-order valence-electron chi connectivity index (χ2n) is 9.11. The number of nitrogens with zero attached hydrogens (tertiary/aromatic N) is 7. The van der Waals surface area contributed by atoms with Crippen LogP contribution in [0.1, 0.15) is 38.6 Å². The highest BCUT2D eigenvalue weighted by Gasteiger charge is 2.21. The quantitative estimate of drug-likeness (QED) is 0.552. The summed E-state index contributed by atoms with van der Waals surface area (Å²) < 4.78 is 1.91. The van der Waals surface area contributed by atoms with Gasteiger partial charge in [0.2, 0.25) is 0 Å². The van der Waals surface area contributed by atoms with Gasteiger partial charge in [-0.25, -0.2) is 19.5 Å². The highest BCUT2D eigenvalue weighted by molar-refractivity contribution is 5.86. The maximum atomic E-state index is 4.86. The van der Waals surface area contributed by atoms with E-state index >= 15 is 0 Å². The third kappa shape index (κ3) is 3.36. The predicted molar refractivity (Wildman–Crippen MR) is 119 cm³/mol. The lowest BCUT2D eigenvalue weighted by atomic mass is 9.93. The number of hydrogen-bond donors (Lipinski definition) is 1. The van der Waals surface area contributed by atoms with Crippen LogP contribution in [-0.2, 0) is 5.41 Å². The summed E-state index contributed by atoms with van der Waals surface area (Å²) in [5, 5.41) is 4.86. The van der Waals surface area contributed by atoms with E-state index in [4.69, 9.17) is 10.1 Å². The van der Waals surface area contributed by atoms with Crippen LogP contribution in [0.4, 0.5) is 11.6 Å². The zero-order valence-electron chi connectivity index (χ0n) is 18.1. The Morgan fingerprint density at radius 2 is 1.80 bits per heavy atom. The Balaban J connectivity index is 1.39. The number of anilines is 2. The van der Waals surface area contributed by atoms with Crippen molar-refractivity contribution in [1.82, 2.24) is 29.5 Å². The molecular weight excluding hydrogens is 376 g/mol. The van der Waals surface area contributed by atoms with Crippen LogP contribution in [0, 0.1) is 6.92 Å². The molecule has 1 saturated heterocycles. The first-order chi connectivity index (χ1) is 14.4. The van der Waals surface area contributed by atoms with Crippen LogP contribution in [0.3, 0.4) is 0 Å². The summed E-state index contributed by atoms with van der Waals surface area (Å²) in [6.07, 6.45) is 4.76. The van der Waals surface area contributed by atoms with Gasteiger partial charge in [0.25, 0.3) is 0 Å². The number of hydrogen-bond acceptors (Lipinski definition) is 6. The monoisotopic (exact) mass is 404 g/mol. The number of fused-ring (bicyclic) bond motifs is 2. The van der Waals surface area contributed by atoms with Gasteiger partial charge >= 0.3 is 0 Å². The second-order valence-corrected chi connectivity index (χ2v) is 9.11. The Hall–Kier alpha value is -3.16. The molecule has 5 heterocycles. The van der Waals surface area contributed by atoms with Crippen molar-refractivity contribution in [2.75, 3.05) is 36.0 Å². The molecule has 30 heavy (non-hydrogen) atoms. The molecular formula is C22H28N8. The number of H-pyrrole nitrogens is 1. The SMILES string of the molecule is Cc1cc2ncnc(N3CCCN(c4ccc5nc(C(C)(C)C)cn5n4)CC3)c2[nH]1. The molecule has 0 atom stereocenters. The van der Waals surface area contributed by atoms with Crippen molar-refractivity contribution in [3.05, 3.63) is 42.1 Å². The van der Waals surface area contributed by atoms with E-state index in [0.29, 0.717) is 0 Å². The zero-order valence-corrected chi connectivity index (χ0v) is 18.1. The first kappa shape index (κ1) is 18.8. The van der Waals surface area contributed by atoms with E-state index in [0.717, 1.165) is 72.3 Å². The van der Waals surface area contributed by atoms with Crippen molar-refractivity contribution < 1.29 is 0 Å². The topological polar surface area (TPSA) is 78.2 Å². The molecule has 1 fully saturated rings. The fourth-order valence-electron chi connectivity index (χ4n) is 4.06. The summed E-state index contributed by atoms with van der Waals surface area (Å²) >= 11 is 0. The Bertz CT molecular complexity index is 1200. The Kier molecular flexibility index (Phi) is 4.38. The van der Waals surface area contributed by atoms with E-state index < -0.39 is 0 Å². The normalized spacial score (nSPS) is 15.9. The molecule has 5 rings (SSSR count). The molecule has 0 amide bonds. The first-order valence-electron chi connectivity index (χ1n) is 10.6. The minimum absolute atomic E-state index is 0.00994. The molecule has 1 aliphatic rings. The van der Waals surface area contributed by atoms with Gasteiger partial charge in [-0.1, -0.05) is 20.8 Å². The van der Waals surface area contributed by atoms with E-state index in [1.807, 2.05) is 10.7 Å². The molecule has 0 aromatic carbocycles. The highest BCUT2D eigenvalue weighted by atomic mass is 15.3. The van der Waals surface area contributed by atoms with Crippen LogP contribution in [0.15, 0.2) is 30.7 Å².